The summed E-state index contributed by atoms with van der Waals surface area (Å²) in [5.41, 5.74) is 5.72. The third-order valence-corrected chi connectivity index (χ3v) is 4.10. The largest absolute Gasteiger partial charge is 0.490 e. The lowest BCUT2D eigenvalue weighted by molar-refractivity contribution is -0.134. The van der Waals surface area contributed by atoms with Crippen LogP contribution in [0.15, 0.2) is 24.3 Å². The van der Waals surface area contributed by atoms with Crippen molar-refractivity contribution in [3.8, 4) is 5.75 Å². The highest BCUT2D eigenvalue weighted by Crippen LogP contribution is 2.32. The standard InChI is InChI=1S/C16H20N2O3/c17-15(19)12-2-1-3-14(10-12)21-13-6-8-18(9-7-13)16(20)11-4-5-11/h1-3,10-11,13H,4-9H2,(H2,17,19). The van der Waals surface area contributed by atoms with Crippen LogP contribution >= 0.6 is 0 Å². The molecule has 1 aliphatic carbocycles. The Morgan fingerprint density at radius 1 is 1.14 bits per heavy atom. The minimum atomic E-state index is -0.453. The molecule has 0 atom stereocenters. The second-order valence-electron chi connectivity index (χ2n) is 5.81. The number of hydrogen-bond donors (Lipinski definition) is 1. The van der Waals surface area contributed by atoms with Crippen molar-refractivity contribution >= 4 is 11.8 Å². The summed E-state index contributed by atoms with van der Waals surface area (Å²) in [7, 11) is 0. The summed E-state index contributed by atoms with van der Waals surface area (Å²) >= 11 is 0. The van der Waals surface area contributed by atoms with Gasteiger partial charge in [-0.05, 0) is 31.0 Å². The van der Waals surface area contributed by atoms with Crippen LogP contribution < -0.4 is 10.5 Å². The van der Waals surface area contributed by atoms with Crippen LogP contribution in [0.4, 0.5) is 0 Å². The van der Waals surface area contributed by atoms with Crippen molar-refractivity contribution in [2.24, 2.45) is 11.7 Å². The van der Waals surface area contributed by atoms with Gasteiger partial charge in [-0.1, -0.05) is 6.07 Å². The maximum atomic E-state index is 12.0. The van der Waals surface area contributed by atoms with Crippen LogP contribution in [0.5, 0.6) is 5.75 Å². The van der Waals surface area contributed by atoms with Crippen molar-refractivity contribution in [1.29, 1.82) is 0 Å². The highest BCUT2D eigenvalue weighted by molar-refractivity contribution is 5.93. The first-order valence-electron chi connectivity index (χ1n) is 7.49. The first-order chi connectivity index (χ1) is 10.1. The molecule has 5 nitrogen and oxygen atoms in total. The van der Waals surface area contributed by atoms with Crippen molar-refractivity contribution < 1.29 is 14.3 Å². The van der Waals surface area contributed by atoms with Crippen LogP contribution in [0, 0.1) is 5.92 Å². The number of hydrogen-bond acceptors (Lipinski definition) is 3. The zero-order valence-electron chi connectivity index (χ0n) is 12.0. The lowest BCUT2D eigenvalue weighted by atomic mass is 10.1. The average Bonchev–Trinajstić information content (AvgIpc) is 3.32. The molecule has 2 fully saturated rings. The molecule has 1 aromatic carbocycles. The first-order valence-corrected chi connectivity index (χ1v) is 7.49. The zero-order chi connectivity index (χ0) is 14.8. The van der Waals surface area contributed by atoms with Gasteiger partial charge >= 0.3 is 0 Å². The lowest BCUT2D eigenvalue weighted by Crippen LogP contribution is -2.42. The van der Waals surface area contributed by atoms with E-state index in [1.54, 1.807) is 18.2 Å². The van der Waals surface area contributed by atoms with Crippen molar-refractivity contribution in [1.82, 2.24) is 4.90 Å². The molecule has 3 rings (SSSR count). The maximum Gasteiger partial charge on any atom is 0.248 e. The van der Waals surface area contributed by atoms with E-state index in [1.165, 1.54) is 0 Å². The Morgan fingerprint density at radius 2 is 1.86 bits per heavy atom. The van der Waals surface area contributed by atoms with E-state index in [0.29, 0.717) is 17.2 Å². The van der Waals surface area contributed by atoms with Gasteiger partial charge in [0.2, 0.25) is 11.8 Å². The second-order valence-corrected chi connectivity index (χ2v) is 5.81. The van der Waals surface area contributed by atoms with E-state index in [4.69, 9.17) is 10.5 Å². The number of likely N-dealkylation sites (tertiary alicyclic amines) is 1. The van der Waals surface area contributed by atoms with Crippen LogP contribution in [0.25, 0.3) is 0 Å². The van der Waals surface area contributed by atoms with E-state index in [1.807, 2.05) is 11.0 Å². The van der Waals surface area contributed by atoms with E-state index < -0.39 is 5.91 Å². The summed E-state index contributed by atoms with van der Waals surface area (Å²) in [5, 5.41) is 0. The quantitative estimate of drug-likeness (QED) is 0.914. The molecule has 2 N–H and O–H groups in total. The van der Waals surface area contributed by atoms with Gasteiger partial charge in [0.1, 0.15) is 11.9 Å². The fourth-order valence-corrected chi connectivity index (χ4v) is 2.70. The number of ether oxygens (including phenoxy) is 1. The van der Waals surface area contributed by atoms with Gasteiger partial charge in [0, 0.05) is 37.4 Å². The summed E-state index contributed by atoms with van der Waals surface area (Å²) in [4.78, 5) is 25.1. The Labute approximate surface area is 124 Å². The summed E-state index contributed by atoms with van der Waals surface area (Å²) in [6, 6.07) is 6.94. The molecular weight excluding hydrogens is 268 g/mol. The number of piperidine rings is 1. The fourth-order valence-electron chi connectivity index (χ4n) is 2.70. The minimum absolute atomic E-state index is 0.0939. The van der Waals surface area contributed by atoms with Crippen molar-refractivity contribution in [3.63, 3.8) is 0 Å². The van der Waals surface area contributed by atoms with E-state index in [2.05, 4.69) is 0 Å². The topological polar surface area (TPSA) is 72.6 Å². The smallest absolute Gasteiger partial charge is 0.248 e. The fraction of sp³-hybridized carbons (Fsp3) is 0.500. The number of rotatable bonds is 4. The Bertz CT molecular complexity index is 546. The number of benzene rings is 1. The molecule has 1 saturated heterocycles. The van der Waals surface area contributed by atoms with E-state index >= 15 is 0 Å². The van der Waals surface area contributed by atoms with Gasteiger partial charge in [-0.2, -0.15) is 0 Å². The van der Waals surface area contributed by atoms with E-state index in [0.717, 1.165) is 38.8 Å². The molecule has 2 amide bonds. The van der Waals surface area contributed by atoms with Crippen LogP contribution in [0.2, 0.25) is 0 Å². The molecule has 2 aliphatic rings. The summed E-state index contributed by atoms with van der Waals surface area (Å²) < 4.78 is 5.90. The molecular formula is C16H20N2O3. The van der Waals surface area contributed by atoms with Gasteiger partial charge in [-0.15, -0.1) is 0 Å². The van der Waals surface area contributed by atoms with Crippen LogP contribution in [0.1, 0.15) is 36.0 Å². The Hall–Kier alpha value is -2.04. The number of primary amides is 1. The predicted molar refractivity (Wildman–Crippen MR) is 77.9 cm³/mol. The molecule has 0 bridgehead atoms. The van der Waals surface area contributed by atoms with Gasteiger partial charge in [0.15, 0.2) is 0 Å². The Morgan fingerprint density at radius 3 is 2.48 bits per heavy atom. The highest BCUT2D eigenvalue weighted by Gasteiger charge is 2.35. The molecule has 5 heteroatoms. The van der Waals surface area contributed by atoms with Crippen LogP contribution in [-0.4, -0.2) is 35.9 Å². The van der Waals surface area contributed by atoms with Gasteiger partial charge < -0.3 is 15.4 Å². The number of nitrogens with two attached hydrogens (primary N) is 1. The molecule has 1 saturated carbocycles. The highest BCUT2D eigenvalue weighted by atomic mass is 16.5. The van der Waals surface area contributed by atoms with Gasteiger partial charge in [0.25, 0.3) is 0 Å². The number of carbonyl (C=O) groups excluding carboxylic acids is 2. The summed E-state index contributed by atoms with van der Waals surface area (Å²) in [6.45, 7) is 1.52. The maximum absolute atomic E-state index is 12.0. The van der Waals surface area contributed by atoms with Crippen molar-refractivity contribution in [2.45, 2.75) is 31.8 Å². The number of amides is 2. The lowest BCUT2D eigenvalue weighted by Gasteiger charge is -2.32. The number of carbonyl (C=O) groups is 2. The molecule has 1 aromatic rings. The third-order valence-electron chi connectivity index (χ3n) is 4.10. The average molecular weight is 288 g/mol. The molecule has 0 aromatic heterocycles. The van der Waals surface area contributed by atoms with E-state index in [-0.39, 0.29) is 12.0 Å². The van der Waals surface area contributed by atoms with Gasteiger partial charge in [-0.3, -0.25) is 9.59 Å². The van der Waals surface area contributed by atoms with E-state index in [9.17, 15) is 9.59 Å². The molecule has 1 aliphatic heterocycles. The molecule has 112 valence electrons. The van der Waals surface area contributed by atoms with Crippen LogP contribution in [0.3, 0.4) is 0 Å². The predicted octanol–water partition coefficient (Wildman–Crippen LogP) is 1.57. The van der Waals surface area contributed by atoms with Crippen molar-refractivity contribution in [2.75, 3.05) is 13.1 Å². The molecule has 1 heterocycles. The first kappa shape index (κ1) is 13.9. The summed E-state index contributed by atoms with van der Waals surface area (Å²) in [5.74, 6) is 0.808. The third kappa shape index (κ3) is 3.35. The molecule has 0 spiro atoms. The molecule has 0 unspecified atom stereocenters. The zero-order valence-corrected chi connectivity index (χ0v) is 12.0. The minimum Gasteiger partial charge on any atom is -0.490 e. The summed E-state index contributed by atoms with van der Waals surface area (Å²) in [6.07, 6.45) is 3.86. The van der Waals surface area contributed by atoms with Gasteiger partial charge in [-0.25, -0.2) is 0 Å². The van der Waals surface area contributed by atoms with Crippen LogP contribution in [-0.2, 0) is 4.79 Å². The number of nitrogens with zero attached hydrogens (tertiary/aromatic N) is 1. The Kier molecular flexibility index (Phi) is 3.82. The normalized spacial score (nSPS) is 19.3. The monoisotopic (exact) mass is 288 g/mol. The molecule has 0 radical (unpaired) electrons. The second kappa shape index (κ2) is 5.76. The SMILES string of the molecule is NC(=O)c1cccc(OC2CCN(C(=O)C3CC3)CC2)c1. The van der Waals surface area contributed by atoms with Gasteiger partial charge in [0.05, 0.1) is 0 Å². The van der Waals surface area contributed by atoms with Crippen molar-refractivity contribution in [3.05, 3.63) is 29.8 Å². The molecule has 21 heavy (non-hydrogen) atoms. The Balaban J connectivity index is 1.54.